The van der Waals surface area contributed by atoms with Crippen LogP contribution in [0.5, 0.6) is 11.5 Å². The summed E-state index contributed by atoms with van der Waals surface area (Å²) in [5, 5.41) is 5.30. The molecule has 2 N–H and O–H groups in total. The van der Waals surface area contributed by atoms with Crippen molar-refractivity contribution in [3.05, 3.63) is 56.8 Å². The van der Waals surface area contributed by atoms with Crippen LogP contribution < -0.4 is 20.1 Å². The van der Waals surface area contributed by atoms with Gasteiger partial charge >= 0.3 is 6.03 Å². The molecule has 1 saturated heterocycles. The number of anilines is 1. The highest BCUT2D eigenvalue weighted by molar-refractivity contribution is 14.1. The molecule has 0 aliphatic carbocycles. The first-order valence-electron chi connectivity index (χ1n) is 10.6. The van der Waals surface area contributed by atoms with Gasteiger partial charge in [-0.3, -0.25) is 9.59 Å². The number of nitrogens with one attached hydrogen (secondary N) is 2. The minimum Gasteiger partial charge on any atom is -0.490 e. The molecule has 2 aromatic rings. The van der Waals surface area contributed by atoms with Crippen molar-refractivity contribution >= 4 is 52.2 Å². The predicted octanol–water partition coefficient (Wildman–Crippen LogP) is 3.80. The number of rotatable bonds is 9. The quantitative estimate of drug-likeness (QED) is 0.206. The number of aryl methyl sites for hydroxylation is 1. The van der Waals surface area contributed by atoms with Gasteiger partial charge in [-0.25, -0.2) is 9.69 Å². The van der Waals surface area contributed by atoms with Crippen LogP contribution in [0, 0.1) is 15.9 Å². The number of para-hydroxylation sites is 1. The van der Waals surface area contributed by atoms with Crippen LogP contribution in [0.25, 0.3) is 6.08 Å². The van der Waals surface area contributed by atoms with Gasteiger partial charge < -0.3 is 20.1 Å². The Balaban J connectivity index is 1.78. The first-order valence-corrected chi connectivity index (χ1v) is 11.7. The minimum atomic E-state index is -0.663. The van der Waals surface area contributed by atoms with Crippen molar-refractivity contribution in [2.75, 3.05) is 25.1 Å². The number of amides is 4. The SMILES string of the molecule is C#CCOc1c(I)cc(/C=C2/NC(=O)N(CC(=O)Nc3ccccc3CC)C2=O)cc1OCC. The number of terminal acetylenes is 1. The fraction of sp³-hybridized carbons (Fsp3) is 0.240. The number of carbonyl (C=O) groups excluding carboxylic acids is 3. The maximum atomic E-state index is 12.8. The first kappa shape index (κ1) is 25.1. The van der Waals surface area contributed by atoms with Crippen LogP contribution in [0.4, 0.5) is 10.5 Å². The van der Waals surface area contributed by atoms with E-state index in [0.717, 1.165) is 20.5 Å². The molecule has 2 aromatic carbocycles. The Morgan fingerprint density at radius 1 is 1.24 bits per heavy atom. The number of urea groups is 1. The highest BCUT2D eigenvalue weighted by Crippen LogP contribution is 2.35. The Morgan fingerprint density at radius 3 is 2.71 bits per heavy atom. The average molecular weight is 573 g/mol. The lowest BCUT2D eigenvalue weighted by atomic mass is 10.1. The Hall–Kier alpha value is -3.52. The molecule has 0 saturated carbocycles. The lowest BCUT2D eigenvalue weighted by Gasteiger charge is -2.14. The summed E-state index contributed by atoms with van der Waals surface area (Å²) in [6.07, 6.45) is 7.55. The summed E-state index contributed by atoms with van der Waals surface area (Å²) < 4.78 is 12.0. The van der Waals surface area contributed by atoms with Gasteiger partial charge in [-0.15, -0.1) is 6.42 Å². The van der Waals surface area contributed by atoms with Crippen LogP contribution in [0.1, 0.15) is 25.0 Å². The normalized spacial score (nSPS) is 14.1. The summed E-state index contributed by atoms with van der Waals surface area (Å²) in [5.41, 5.74) is 2.29. The van der Waals surface area contributed by atoms with Crippen LogP contribution in [0.15, 0.2) is 42.1 Å². The molecule has 0 radical (unpaired) electrons. The van der Waals surface area contributed by atoms with Crippen LogP contribution in [0.3, 0.4) is 0 Å². The third-order valence-corrected chi connectivity index (χ3v) is 5.68. The molecular weight excluding hydrogens is 549 g/mol. The van der Waals surface area contributed by atoms with Crippen molar-refractivity contribution in [1.29, 1.82) is 0 Å². The van der Waals surface area contributed by atoms with E-state index >= 15 is 0 Å². The lowest BCUT2D eigenvalue weighted by molar-refractivity contribution is -0.127. The van der Waals surface area contributed by atoms with Crippen molar-refractivity contribution in [3.8, 4) is 23.8 Å². The number of halogens is 1. The molecule has 0 bridgehead atoms. The van der Waals surface area contributed by atoms with Crippen LogP contribution in [-0.4, -0.2) is 42.5 Å². The van der Waals surface area contributed by atoms with E-state index in [4.69, 9.17) is 15.9 Å². The summed E-state index contributed by atoms with van der Waals surface area (Å²) in [5.74, 6) is 2.34. The second kappa shape index (κ2) is 11.6. The zero-order valence-electron chi connectivity index (χ0n) is 18.8. The van der Waals surface area contributed by atoms with Crippen molar-refractivity contribution in [3.63, 3.8) is 0 Å². The monoisotopic (exact) mass is 573 g/mol. The standard InChI is InChI=1S/C25H24IN3O5/c1-4-11-34-23-18(26)12-16(14-21(23)33-6-3)13-20-24(31)29(25(32)28-20)15-22(30)27-19-10-8-7-9-17(19)5-2/h1,7-10,12-14H,5-6,11,15H2,2-3H3,(H,27,30)(H,28,32)/b20-13+. The summed E-state index contributed by atoms with van der Waals surface area (Å²) in [7, 11) is 0. The van der Waals surface area contributed by atoms with Gasteiger partial charge in [-0.1, -0.05) is 31.0 Å². The van der Waals surface area contributed by atoms with E-state index < -0.39 is 24.4 Å². The molecule has 9 heteroatoms. The largest absolute Gasteiger partial charge is 0.490 e. The smallest absolute Gasteiger partial charge is 0.329 e. The van der Waals surface area contributed by atoms with Crippen LogP contribution >= 0.6 is 22.6 Å². The number of hydrogen-bond donors (Lipinski definition) is 2. The van der Waals surface area contributed by atoms with Crippen molar-refractivity contribution in [2.24, 2.45) is 0 Å². The van der Waals surface area contributed by atoms with E-state index in [1.807, 2.05) is 32.0 Å². The van der Waals surface area contributed by atoms with Gasteiger partial charge in [0.05, 0.1) is 10.2 Å². The molecule has 0 spiro atoms. The maximum absolute atomic E-state index is 12.8. The molecule has 34 heavy (non-hydrogen) atoms. The summed E-state index contributed by atoms with van der Waals surface area (Å²) in [6, 6.07) is 10.2. The fourth-order valence-corrected chi connectivity index (χ4v) is 4.13. The van der Waals surface area contributed by atoms with Gasteiger partial charge in [0.1, 0.15) is 18.8 Å². The van der Waals surface area contributed by atoms with Gasteiger partial charge in [0.15, 0.2) is 11.5 Å². The topological polar surface area (TPSA) is 97.0 Å². The highest BCUT2D eigenvalue weighted by Gasteiger charge is 2.35. The van der Waals surface area contributed by atoms with Crippen molar-refractivity contribution < 1.29 is 23.9 Å². The van der Waals surface area contributed by atoms with Gasteiger partial charge in [0, 0.05) is 5.69 Å². The van der Waals surface area contributed by atoms with E-state index in [9.17, 15) is 14.4 Å². The predicted molar refractivity (Wildman–Crippen MR) is 137 cm³/mol. The highest BCUT2D eigenvalue weighted by atomic mass is 127. The summed E-state index contributed by atoms with van der Waals surface area (Å²) in [6.45, 7) is 3.91. The van der Waals surface area contributed by atoms with Gasteiger partial charge in [-0.05, 0) is 71.3 Å². The van der Waals surface area contributed by atoms with Crippen molar-refractivity contribution in [2.45, 2.75) is 20.3 Å². The fourth-order valence-electron chi connectivity index (χ4n) is 3.35. The van der Waals surface area contributed by atoms with E-state index in [-0.39, 0.29) is 12.3 Å². The molecule has 1 fully saturated rings. The number of imide groups is 1. The zero-order valence-corrected chi connectivity index (χ0v) is 21.0. The minimum absolute atomic E-state index is 0.0577. The molecule has 0 unspecified atom stereocenters. The Morgan fingerprint density at radius 2 is 2.00 bits per heavy atom. The molecular formula is C25H24IN3O5. The third kappa shape index (κ3) is 5.88. The van der Waals surface area contributed by atoms with Crippen LogP contribution in [-0.2, 0) is 16.0 Å². The number of benzene rings is 2. The molecule has 1 aliphatic rings. The molecule has 1 aliphatic heterocycles. The molecule has 0 aromatic heterocycles. The Bertz CT molecular complexity index is 1190. The summed E-state index contributed by atoms with van der Waals surface area (Å²) >= 11 is 2.08. The third-order valence-electron chi connectivity index (χ3n) is 4.88. The van der Waals surface area contributed by atoms with Gasteiger partial charge in [0.2, 0.25) is 5.91 Å². The number of hydrogen-bond acceptors (Lipinski definition) is 5. The van der Waals surface area contributed by atoms with Crippen molar-refractivity contribution in [1.82, 2.24) is 10.2 Å². The molecule has 176 valence electrons. The van der Waals surface area contributed by atoms with Crippen LogP contribution in [0.2, 0.25) is 0 Å². The average Bonchev–Trinajstić information content (AvgIpc) is 3.06. The molecule has 3 rings (SSSR count). The molecule has 4 amide bonds. The molecule has 1 heterocycles. The molecule has 0 atom stereocenters. The van der Waals surface area contributed by atoms with E-state index in [0.29, 0.717) is 29.4 Å². The Labute approximate surface area is 211 Å². The first-order chi connectivity index (χ1) is 16.4. The molecule has 8 nitrogen and oxygen atoms in total. The second-order valence-corrected chi connectivity index (χ2v) is 8.36. The summed E-state index contributed by atoms with van der Waals surface area (Å²) in [4.78, 5) is 38.7. The zero-order chi connectivity index (χ0) is 24.7. The van der Waals surface area contributed by atoms with Gasteiger partial charge in [0.25, 0.3) is 5.91 Å². The number of ether oxygens (including phenoxy) is 2. The Kier molecular flexibility index (Phi) is 8.54. The van der Waals surface area contributed by atoms with E-state index in [1.165, 1.54) is 6.08 Å². The van der Waals surface area contributed by atoms with E-state index in [1.54, 1.807) is 18.2 Å². The number of nitrogens with zero attached hydrogens (tertiary/aromatic N) is 1. The van der Waals surface area contributed by atoms with Gasteiger partial charge in [-0.2, -0.15) is 0 Å². The lowest BCUT2D eigenvalue weighted by Crippen LogP contribution is -2.38. The maximum Gasteiger partial charge on any atom is 0.329 e. The van der Waals surface area contributed by atoms with E-state index in [2.05, 4.69) is 39.1 Å². The second-order valence-electron chi connectivity index (χ2n) is 7.19. The number of carbonyl (C=O) groups is 3.